The average molecular weight is 340 g/mol. The Labute approximate surface area is 136 Å². The van der Waals surface area contributed by atoms with Gasteiger partial charge in [-0.05, 0) is 36.2 Å². The maximum absolute atomic E-state index is 12.1. The van der Waals surface area contributed by atoms with Gasteiger partial charge in [-0.15, -0.1) is 0 Å². The minimum absolute atomic E-state index is 0.0737. The van der Waals surface area contributed by atoms with Crippen molar-refractivity contribution in [2.24, 2.45) is 0 Å². The van der Waals surface area contributed by atoms with Gasteiger partial charge in [0.15, 0.2) is 0 Å². The number of benzene rings is 2. The molecule has 0 heterocycles. The number of ether oxygens (including phenoxy) is 1. The fourth-order valence-corrected chi connectivity index (χ4v) is 3.47. The van der Waals surface area contributed by atoms with Gasteiger partial charge in [-0.1, -0.05) is 42.8 Å². The lowest BCUT2D eigenvalue weighted by molar-refractivity contribution is 0.322. The molecular formula is C16H18ClNO3S. The Balaban J connectivity index is 1.89. The molecule has 0 spiro atoms. The molecule has 0 bridgehead atoms. The number of rotatable bonds is 7. The van der Waals surface area contributed by atoms with E-state index in [1.807, 2.05) is 24.3 Å². The summed E-state index contributed by atoms with van der Waals surface area (Å²) in [5.41, 5.74) is 1.18. The first-order valence-electron chi connectivity index (χ1n) is 6.99. The number of hydrogen-bond donors (Lipinski definition) is 1. The highest BCUT2D eigenvalue weighted by Crippen LogP contribution is 2.20. The molecule has 2 aromatic rings. The van der Waals surface area contributed by atoms with Crippen molar-refractivity contribution in [3.8, 4) is 5.75 Å². The average Bonchev–Trinajstić information content (AvgIpc) is 2.52. The molecule has 6 heteroatoms. The predicted octanol–water partition coefficient (Wildman–Crippen LogP) is 3.26. The molecule has 0 radical (unpaired) electrons. The van der Waals surface area contributed by atoms with Crippen LogP contribution < -0.4 is 9.46 Å². The topological polar surface area (TPSA) is 55.4 Å². The molecule has 0 aliphatic heterocycles. The Hall–Kier alpha value is -1.56. The standard InChI is InChI=1S/C16H18ClNO3S/c1-2-13-6-5-7-14(12-13)21-11-10-18-22(19,20)16-9-4-3-8-15(16)17/h3-9,12,18H,2,10-11H2,1H3. The molecular weight excluding hydrogens is 322 g/mol. The van der Waals surface area contributed by atoms with E-state index in [1.54, 1.807) is 18.2 Å². The number of sulfonamides is 1. The Morgan fingerprint density at radius 3 is 2.64 bits per heavy atom. The number of aryl methyl sites for hydroxylation is 1. The third-order valence-corrected chi connectivity index (χ3v) is 5.06. The number of hydrogen-bond acceptors (Lipinski definition) is 3. The van der Waals surface area contributed by atoms with Crippen LogP contribution in [0.4, 0.5) is 0 Å². The maximum Gasteiger partial charge on any atom is 0.242 e. The highest BCUT2D eigenvalue weighted by Gasteiger charge is 2.16. The van der Waals surface area contributed by atoms with Crippen molar-refractivity contribution in [2.75, 3.05) is 13.2 Å². The summed E-state index contributed by atoms with van der Waals surface area (Å²) in [5.74, 6) is 0.733. The van der Waals surface area contributed by atoms with E-state index in [-0.39, 0.29) is 23.1 Å². The fourth-order valence-electron chi connectivity index (χ4n) is 1.94. The molecule has 0 aromatic heterocycles. The van der Waals surface area contributed by atoms with Crippen LogP contribution in [0.1, 0.15) is 12.5 Å². The largest absolute Gasteiger partial charge is 0.492 e. The second-order valence-corrected chi connectivity index (χ2v) is 6.82. The molecule has 22 heavy (non-hydrogen) atoms. The molecule has 1 N–H and O–H groups in total. The summed E-state index contributed by atoms with van der Waals surface area (Å²) in [6, 6.07) is 14.1. The summed E-state index contributed by atoms with van der Waals surface area (Å²) >= 11 is 5.90. The van der Waals surface area contributed by atoms with Crippen LogP contribution in [0.2, 0.25) is 5.02 Å². The summed E-state index contributed by atoms with van der Waals surface area (Å²) in [4.78, 5) is 0.0737. The first kappa shape index (κ1) is 16.8. The third kappa shape index (κ3) is 4.47. The predicted molar refractivity (Wildman–Crippen MR) is 88.0 cm³/mol. The number of halogens is 1. The quantitative estimate of drug-likeness (QED) is 0.788. The minimum atomic E-state index is -3.62. The van der Waals surface area contributed by atoms with E-state index in [0.717, 1.165) is 12.2 Å². The molecule has 0 saturated heterocycles. The molecule has 0 saturated carbocycles. The van der Waals surface area contributed by atoms with Crippen LogP contribution in [0.5, 0.6) is 5.75 Å². The van der Waals surface area contributed by atoms with Gasteiger partial charge in [0.2, 0.25) is 10.0 Å². The lowest BCUT2D eigenvalue weighted by atomic mass is 10.2. The van der Waals surface area contributed by atoms with Crippen molar-refractivity contribution in [1.29, 1.82) is 0 Å². The van der Waals surface area contributed by atoms with Crippen molar-refractivity contribution in [1.82, 2.24) is 4.72 Å². The maximum atomic E-state index is 12.1. The van der Waals surface area contributed by atoms with E-state index in [0.29, 0.717) is 0 Å². The van der Waals surface area contributed by atoms with Crippen molar-refractivity contribution < 1.29 is 13.2 Å². The van der Waals surface area contributed by atoms with Crippen molar-refractivity contribution in [2.45, 2.75) is 18.2 Å². The highest BCUT2D eigenvalue weighted by molar-refractivity contribution is 7.89. The van der Waals surface area contributed by atoms with Gasteiger partial charge in [-0.25, -0.2) is 13.1 Å². The van der Waals surface area contributed by atoms with Gasteiger partial charge in [0.1, 0.15) is 17.3 Å². The van der Waals surface area contributed by atoms with Crippen LogP contribution in [-0.4, -0.2) is 21.6 Å². The second kappa shape index (κ2) is 7.63. The molecule has 2 aromatic carbocycles. The summed E-state index contributed by atoms with van der Waals surface area (Å²) < 4.78 is 32.3. The Morgan fingerprint density at radius 2 is 1.91 bits per heavy atom. The van der Waals surface area contributed by atoms with Crippen LogP contribution in [0.3, 0.4) is 0 Å². The van der Waals surface area contributed by atoms with Gasteiger partial charge in [0.25, 0.3) is 0 Å². The minimum Gasteiger partial charge on any atom is -0.492 e. The van der Waals surface area contributed by atoms with E-state index in [4.69, 9.17) is 16.3 Å². The summed E-state index contributed by atoms with van der Waals surface area (Å²) in [5, 5.41) is 0.201. The molecule has 118 valence electrons. The van der Waals surface area contributed by atoms with Crippen molar-refractivity contribution in [3.63, 3.8) is 0 Å². The fraction of sp³-hybridized carbons (Fsp3) is 0.250. The van der Waals surface area contributed by atoms with Crippen LogP contribution in [0, 0.1) is 0 Å². The third-order valence-electron chi connectivity index (χ3n) is 3.10. The summed E-state index contributed by atoms with van der Waals surface area (Å²) in [6.45, 7) is 2.48. The normalized spacial score (nSPS) is 11.4. The zero-order valence-electron chi connectivity index (χ0n) is 12.3. The summed E-state index contributed by atoms with van der Waals surface area (Å²) in [7, 11) is -3.62. The Morgan fingerprint density at radius 1 is 1.14 bits per heavy atom. The lowest BCUT2D eigenvalue weighted by Crippen LogP contribution is -2.28. The van der Waals surface area contributed by atoms with Crippen LogP contribution in [0.15, 0.2) is 53.4 Å². The molecule has 0 fully saturated rings. The molecule has 4 nitrogen and oxygen atoms in total. The molecule has 2 rings (SSSR count). The highest BCUT2D eigenvalue weighted by atomic mass is 35.5. The van der Waals surface area contributed by atoms with E-state index in [1.165, 1.54) is 11.6 Å². The first-order valence-corrected chi connectivity index (χ1v) is 8.85. The monoisotopic (exact) mass is 339 g/mol. The molecule has 0 aliphatic rings. The van der Waals surface area contributed by atoms with Crippen LogP contribution in [0.25, 0.3) is 0 Å². The SMILES string of the molecule is CCc1cccc(OCCNS(=O)(=O)c2ccccc2Cl)c1. The van der Waals surface area contributed by atoms with Gasteiger partial charge in [-0.3, -0.25) is 0 Å². The Bertz CT molecular complexity index is 732. The van der Waals surface area contributed by atoms with E-state index < -0.39 is 10.0 Å². The molecule has 0 amide bonds. The molecule has 0 atom stereocenters. The van der Waals surface area contributed by atoms with E-state index >= 15 is 0 Å². The Kier molecular flexibility index (Phi) is 5.83. The molecule has 0 aliphatic carbocycles. The van der Waals surface area contributed by atoms with Gasteiger partial charge in [0.05, 0.1) is 5.02 Å². The zero-order valence-corrected chi connectivity index (χ0v) is 13.8. The van der Waals surface area contributed by atoms with Crippen LogP contribution >= 0.6 is 11.6 Å². The number of nitrogens with one attached hydrogen (secondary N) is 1. The van der Waals surface area contributed by atoms with Gasteiger partial charge >= 0.3 is 0 Å². The second-order valence-electron chi connectivity index (χ2n) is 4.68. The van der Waals surface area contributed by atoms with Gasteiger partial charge < -0.3 is 4.74 Å². The van der Waals surface area contributed by atoms with Gasteiger partial charge in [0, 0.05) is 6.54 Å². The molecule has 0 unspecified atom stereocenters. The van der Waals surface area contributed by atoms with E-state index in [2.05, 4.69) is 11.6 Å². The smallest absolute Gasteiger partial charge is 0.242 e. The van der Waals surface area contributed by atoms with Crippen molar-refractivity contribution >= 4 is 21.6 Å². The lowest BCUT2D eigenvalue weighted by Gasteiger charge is -2.10. The van der Waals surface area contributed by atoms with Gasteiger partial charge in [-0.2, -0.15) is 0 Å². The van der Waals surface area contributed by atoms with Crippen molar-refractivity contribution in [3.05, 3.63) is 59.1 Å². The summed E-state index contributed by atoms with van der Waals surface area (Å²) in [6.07, 6.45) is 0.927. The van der Waals surface area contributed by atoms with Crippen LogP contribution in [-0.2, 0) is 16.4 Å². The van der Waals surface area contributed by atoms with E-state index in [9.17, 15) is 8.42 Å². The zero-order chi connectivity index (χ0) is 16.0. The first-order chi connectivity index (χ1) is 10.5.